The van der Waals surface area contributed by atoms with Crippen LogP contribution in [0.4, 0.5) is 0 Å². The molecule has 0 aliphatic carbocycles. The van der Waals surface area contributed by atoms with Gasteiger partial charge in [-0.2, -0.15) is 0 Å². The Morgan fingerprint density at radius 2 is 0.829 bits per heavy atom. The average Bonchev–Trinajstić information content (AvgIpc) is 2.83. The largest absolute Gasteiger partial charge is 0.462 e. The van der Waals surface area contributed by atoms with E-state index < -0.39 is 6.10 Å². The molecule has 0 aliphatic rings. The van der Waals surface area contributed by atoms with Crippen molar-refractivity contribution in [3.8, 4) is 0 Å². The molecule has 6 heteroatoms. The first-order valence-electron chi connectivity index (χ1n) is 14.5. The number of esters is 3. The van der Waals surface area contributed by atoms with Crippen molar-refractivity contribution in [1.29, 1.82) is 0 Å². The van der Waals surface area contributed by atoms with Gasteiger partial charge in [0.25, 0.3) is 0 Å². The van der Waals surface area contributed by atoms with E-state index in [0.29, 0.717) is 32.1 Å². The quantitative estimate of drug-likeness (QED) is 0.0724. The molecule has 0 aromatic carbocycles. The van der Waals surface area contributed by atoms with Gasteiger partial charge >= 0.3 is 17.9 Å². The molecular weight excluding hydrogens is 444 g/mol. The Bertz CT molecular complexity index is 497. The van der Waals surface area contributed by atoms with Gasteiger partial charge in [-0.3, -0.25) is 14.4 Å². The number of hydrogen-bond donors (Lipinski definition) is 0. The van der Waals surface area contributed by atoms with E-state index in [0.717, 1.165) is 19.3 Å². The number of carbonyl (C=O) groups is 3. The Kier molecular flexibility index (Phi) is 24.3. The van der Waals surface area contributed by atoms with Crippen molar-refractivity contribution < 1.29 is 28.6 Å². The molecule has 0 rings (SSSR count). The number of hydrogen-bond acceptors (Lipinski definition) is 6. The van der Waals surface area contributed by atoms with Gasteiger partial charge in [-0.1, -0.05) is 111 Å². The number of rotatable bonds is 25. The van der Waals surface area contributed by atoms with Crippen molar-refractivity contribution in [3.63, 3.8) is 0 Å². The van der Waals surface area contributed by atoms with Crippen LogP contribution in [0.3, 0.4) is 0 Å². The molecule has 35 heavy (non-hydrogen) atoms. The third kappa shape index (κ3) is 23.9. The van der Waals surface area contributed by atoms with Gasteiger partial charge in [-0.05, 0) is 19.3 Å². The van der Waals surface area contributed by atoms with Crippen LogP contribution in [0.25, 0.3) is 0 Å². The van der Waals surface area contributed by atoms with E-state index >= 15 is 0 Å². The van der Waals surface area contributed by atoms with Gasteiger partial charge in [0, 0.05) is 19.3 Å². The van der Waals surface area contributed by atoms with Gasteiger partial charge in [0.15, 0.2) is 6.10 Å². The van der Waals surface area contributed by atoms with Gasteiger partial charge in [0.1, 0.15) is 13.2 Å². The van der Waals surface area contributed by atoms with Crippen LogP contribution in [0.1, 0.15) is 149 Å². The maximum atomic E-state index is 12.2. The van der Waals surface area contributed by atoms with E-state index in [4.69, 9.17) is 14.2 Å². The first-order chi connectivity index (χ1) is 17.0. The summed E-state index contributed by atoms with van der Waals surface area (Å²) in [5.74, 6) is -1.01. The lowest BCUT2D eigenvalue weighted by Crippen LogP contribution is -2.30. The van der Waals surface area contributed by atoms with E-state index in [9.17, 15) is 14.4 Å². The fraction of sp³-hybridized carbons (Fsp3) is 0.897. The van der Waals surface area contributed by atoms with Crippen LogP contribution in [-0.2, 0) is 28.6 Å². The number of ether oxygens (including phenoxy) is 3. The summed E-state index contributed by atoms with van der Waals surface area (Å²) in [7, 11) is 0. The predicted octanol–water partition coefficient (Wildman–Crippen LogP) is 7.85. The van der Waals surface area contributed by atoms with Crippen LogP contribution in [0.2, 0.25) is 0 Å². The lowest BCUT2D eigenvalue weighted by atomic mass is 10.0. The zero-order chi connectivity index (χ0) is 26.0. The fourth-order valence-corrected chi connectivity index (χ4v) is 3.93. The molecule has 0 N–H and O–H groups in total. The van der Waals surface area contributed by atoms with E-state index in [1.807, 2.05) is 13.8 Å². The normalized spacial score (nSPS) is 11.0. The summed E-state index contributed by atoms with van der Waals surface area (Å²) < 4.78 is 15.8. The SMILES string of the molecule is CCCCCCCCCCCCCCCCCC(=O)OC(COC(=O)CCC)COC(=O)CCC. The summed E-state index contributed by atoms with van der Waals surface area (Å²) in [6.07, 6.45) is 20.7. The van der Waals surface area contributed by atoms with Crippen molar-refractivity contribution in [1.82, 2.24) is 0 Å². The summed E-state index contributed by atoms with van der Waals surface area (Å²) in [6, 6.07) is 0. The predicted molar refractivity (Wildman–Crippen MR) is 141 cm³/mol. The smallest absolute Gasteiger partial charge is 0.306 e. The highest BCUT2D eigenvalue weighted by Gasteiger charge is 2.19. The maximum Gasteiger partial charge on any atom is 0.306 e. The molecule has 0 bridgehead atoms. The molecule has 6 nitrogen and oxygen atoms in total. The molecule has 0 amide bonds. The van der Waals surface area contributed by atoms with Crippen LogP contribution < -0.4 is 0 Å². The van der Waals surface area contributed by atoms with Crippen LogP contribution in [0.15, 0.2) is 0 Å². The fourth-order valence-electron chi connectivity index (χ4n) is 3.93. The van der Waals surface area contributed by atoms with E-state index in [1.54, 1.807) is 0 Å². The summed E-state index contributed by atoms with van der Waals surface area (Å²) in [5, 5.41) is 0. The van der Waals surface area contributed by atoms with Crippen molar-refractivity contribution in [2.75, 3.05) is 13.2 Å². The third-order valence-electron chi connectivity index (χ3n) is 6.05. The van der Waals surface area contributed by atoms with Gasteiger partial charge in [-0.25, -0.2) is 0 Å². The maximum absolute atomic E-state index is 12.2. The molecule has 0 aromatic heterocycles. The van der Waals surface area contributed by atoms with Gasteiger partial charge in [-0.15, -0.1) is 0 Å². The van der Waals surface area contributed by atoms with Crippen LogP contribution in [0, 0.1) is 0 Å². The van der Waals surface area contributed by atoms with Crippen LogP contribution >= 0.6 is 0 Å². The monoisotopic (exact) mass is 498 g/mol. The van der Waals surface area contributed by atoms with Gasteiger partial charge in [0.05, 0.1) is 0 Å². The molecule has 206 valence electrons. The van der Waals surface area contributed by atoms with Crippen molar-refractivity contribution in [3.05, 3.63) is 0 Å². The highest BCUT2D eigenvalue weighted by Crippen LogP contribution is 2.14. The Labute approximate surface area is 215 Å². The molecule has 0 heterocycles. The van der Waals surface area contributed by atoms with Crippen molar-refractivity contribution >= 4 is 17.9 Å². The zero-order valence-electron chi connectivity index (χ0n) is 23.1. The summed E-state index contributed by atoms with van der Waals surface area (Å²) in [5.41, 5.74) is 0. The van der Waals surface area contributed by atoms with Crippen LogP contribution in [0.5, 0.6) is 0 Å². The molecule has 0 saturated heterocycles. The molecule has 0 atom stereocenters. The molecular formula is C29H54O6. The summed E-state index contributed by atoms with van der Waals surface area (Å²) in [6.45, 7) is 5.88. The molecule has 0 unspecified atom stereocenters. The topological polar surface area (TPSA) is 78.9 Å². The second-order valence-corrected chi connectivity index (χ2v) is 9.68. The molecule has 0 aromatic rings. The van der Waals surface area contributed by atoms with E-state index in [-0.39, 0.29) is 31.1 Å². The molecule has 0 saturated carbocycles. The summed E-state index contributed by atoms with van der Waals surface area (Å²) in [4.78, 5) is 35.5. The van der Waals surface area contributed by atoms with E-state index in [2.05, 4.69) is 6.92 Å². The first-order valence-corrected chi connectivity index (χ1v) is 14.5. The standard InChI is InChI=1S/C29H54O6/c1-4-7-8-9-10-11-12-13-14-15-16-17-18-19-20-23-29(32)35-26(24-33-27(30)21-5-2)25-34-28(31)22-6-3/h26H,4-25H2,1-3H3. The Morgan fingerprint density at radius 3 is 1.20 bits per heavy atom. The summed E-state index contributed by atoms with van der Waals surface area (Å²) >= 11 is 0. The molecule has 0 aliphatic heterocycles. The second kappa shape index (κ2) is 25.5. The minimum atomic E-state index is -0.750. The first kappa shape index (κ1) is 33.4. The average molecular weight is 499 g/mol. The molecule has 0 fully saturated rings. The minimum Gasteiger partial charge on any atom is -0.462 e. The second-order valence-electron chi connectivity index (χ2n) is 9.68. The Balaban J connectivity index is 3.83. The Hall–Kier alpha value is -1.59. The van der Waals surface area contributed by atoms with E-state index in [1.165, 1.54) is 77.0 Å². The number of unbranched alkanes of at least 4 members (excludes halogenated alkanes) is 14. The van der Waals surface area contributed by atoms with Gasteiger partial charge in [0.2, 0.25) is 0 Å². The van der Waals surface area contributed by atoms with Gasteiger partial charge < -0.3 is 14.2 Å². The lowest BCUT2D eigenvalue weighted by Gasteiger charge is -2.18. The zero-order valence-corrected chi connectivity index (χ0v) is 23.1. The van der Waals surface area contributed by atoms with Crippen molar-refractivity contribution in [2.24, 2.45) is 0 Å². The highest BCUT2D eigenvalue weighted by molar-refractivity contribution is 5.71. The minimum absolute atomic E-state index is 0.0805. The Morgan fingerprint density at radius 1 is 0.457 bits per heavy atom. The molecule has 0 spiro atoms. The highest BCUT2D eigenvalue weighted by atomic mass is 16.6. The third-order valence-corrected chi connectivity index (χ3v) is 6.05. The number of carbonyl (C=O) groups excluding carboxylic acids is 3. The van der Waals surface area contributed by atoms with Crippen LogP contribution in [-0.4, -0.2) is 37.2 Å². The van der Waals surface area contributed by atoms with Crippen molar-refractivity contribution in [2.45, 2.75) is 155 Å². The lowest BCUT2D eigenvalue weighted by molar-refractivity contribution is -0.166. The molecule has 0 radical (unpaired) electrons.